The Bertz CT molecular complexity index is 640. The van der Waals surface area contributed by atoms with Crippen molar-refractivity contribution in [3.63, 3.8) is 0 Å². The zero-order valence-corrected chi connectivity index (χ0v) is 12.6. The second-order valence-electron chi connectivity index (χ2n) is 4.73. The molecule has 0 aromatic heterocycles. The molecule has 0 heterocycles. The lowest BCUT2D eigenvalue weighted by molar-refractivity contribution is -0.145. The van der Waals surface area contributed by atoms with E-state index in [1.54, 1.807) is 54.6 Å². The largest absolute Gasteiger partial charge is 0.457 e. The van der Waals surface area contributed by atoms with E-state index < -0.39 is 19.4 Å². The van der Waals surface area contributed by atoms with Gasteiger partial charge in [-0.15, -0.1) is 0 Å². The van der Waals surface area contributed by atoms with Gasteiger partial charge in [-0.05, 0) is 17.7 Å². The summed E-state index contributed by atoms with van der Waals surface area (Å²) in [6.45, 7) is 1.29. The summed E-state index contributed by atoms with van der Waals surface area (Å²) in [6.07, 6.45) is -0.875. The van der Waals surface area contributed by atoms with E-state index in [0.29, 0.717) is 10.9 Å². The zero-order chi connectivity index (χ0) is 15.3. The minimum Gasteiger partial charge on any atom is -0.457 e. The second-order valence-corrected chi connectivity index (χ2v) is 7.01. The minimum atomic E-state index is -3.60. The van der Waals surface area contributed by atoms with E-state index in [-0.39, 0.29) is 6.16 Å². The molecule has 21 heavy (non-hydrogen) atoms. The van der Waals surface area contributed by atoms with Gasteiger partial charge in [0.2, 0.25) is 7.37 Å². The summed E-state index contributed by atoms with van der Waals surface area (Å²) >= 11 is 0. The molecule has 4 nitrogen and oxygen atoms in total. The van der Waals surface area contributed by atoms with Crippen molar-refractivity contribution in [3.8, 4) is 0 Å². The molecule has 0 aliphatic heterocycles. The van der Waals surface area contributed by atoms with Crippen LogP contribution in [-0.2, 0) is 14.1 Å². The fraction of sp³-hybridized carbons (Fsp3) is 0.188. The summed E-state index contributed by atoms with van der Waals surface area (Å²) in [6, 6.07) is 17.4. The highest BCUT2D eigenvalue weighted by Gasteiger charge is 2.29. The van der Waals surface area contributed by atoms with Crippen LogP contribution in [-0.4, -0.2) is 17.0 Å². The van der Waals surface area contributed by atoms with Gasteiger partial charge in [-0.1, -0.05) is 48.5 Å². The molecule has 0 spiro atoms. The zero-order valence-electron chi connectivity index (χ0n) is 11.7. The lowest BCUT2D eigenvalue weighted by Gasteiger charge is -2.21. The maximum Gasteiger partial charge on any atom is 0.303 e. The highest BCUT2D eigenvalue weighted by atomic mass is 31.2. The SMILES string of the molecule is CC(=O)OC(CP(=O)(O)c1ccccc1)c1ccccc1. The number of esters is 1. The average Bonchev–Trinajstić information content (AvgIpc) is 2.48. The average molecular weight is 304 g/mol. The Hall–Kier alpha value is -1.90. The molecule has 2 aromatic carbocycles. The van der Waals surface area contributed by atoms with Crippen LogP contribution in [0.5, 0.6) is 0 Å². The van der Waals surface area contributed by atoms with Gasteiger partial charge in [-0.25, -0.2) is 0 Å². The predicted molar refractivity (Wildman–Crippen MR) is 81.7 cm³/mol. The first-order valence-corrected chi connectivity index (χ1v) is 8.43. The third kappa shape index (κ3) is 4.28. The van der Waals surface area contributed by atoms with Gasteiger partial charge in [0.25, 0.3) is 0 Å². The van der Waals surface area contributed by atoms with Crippen LogP contribution in [0.3, 0.4) is 0 Å². The molecule has 0 amide bonds. The molecule has 2 aromatic rings. The van der Waals surface area contributed by atoms with Crippen LogP contribution in [0.2, 0.25) is 0 Å². The van der Waals surface area contributed by atoms with Crippen molar-refractivity contribution >= 4 is 18.6 Å². The molecule has 2 unspecified atom stereocenters. The van der Waals surface area contributed by atoms with Gasteiger partial charge in [0.15, 0.2) is 0 Å². The van der Waals surface area contributed by atoms with Gasteiger partial charge < -0.3 is 9.63 Å². The standard InChI is InChI=1S/C16H17O4P/c1-13(17)20-16(14-8-4-2-5-9-14)12-21(18,19)15-10-6-3-7-11-15/h2-11,16H,12H2,1H3,(H,18,19). The first-order chi connectivity index (χ1) is 9.99. The van der Waals surface area contributed by atoms with Crippen LogP contribution in [0, 0.1) is 0 Å². The Balaban J connectivity index is 2.27. The van der Waals surface area contributed by atoms with Gasteiger partial charge >= 0.3 is 5.97 Å². The van der Waals surface area contributed by atoms with E-state index in [9.17, 15) is 14.3 Å². The number of carbonyl (C=O) groups is 1. The summed E-state index contributed by atoms with van der Waals surface area (Å²) in [5.41, 5.74) is 0.706. The summed E-state index contributed by atoms with van der Waals surface area (Å²) < 4.78 is 17.8. The molecule has 0 bridgehead atoms. The Morgan fingerprint density at radius 3 is 2.14 bits per heavy atom. The minimum absolute atomic E-state index is 0.138. The van der Waals surface area contributed by atoms with E-state index in [4.69, 9.17) is 4.74 Å². The van der Waals surface area contributed by atoms with Gasteiger partial charge in [-0.2, -0.15) is 0 Å². The van der Waals surface area contributed by atoms with Crippen LogP contribution in [0.15, 0.2) is 60.7 Å². The summed E-state index contributed by atoms with van der Waals surface area (Å²) in [5, 5.41) is 0.359. The predicted octanol–water partition coefficient (Wildman–Crippen LogP) is 2.89. The number of ether oxygens (including phenoxy) is 1. The topological polar surface area (TPSA) is 63.6 Å². The molecule has 1 N–H and O–H groups in total. The number of hydrogen-bond acceptors (Lipinski definition) is 3. The first kappa shape index (κ1) is 15.5. The van der Waals surface area contributed by atoms with Crippen LogP contribution in [0.1, 0.15) is 18.6 Å². The number of carbonyl (C=O) groups excluding carboxylic acids is 1. The smallest absolute Gasteiger partial charge is 0.303 e. The van der Waals surface area contributed by atoms with Crippen molar-refractivity contribution in [1.82, 2.24) is 0 Å². The van der Waals surface area contributed by atoms with E-state index >= 15 is 0 Å². The molecule has 0 saturated heterocycles. The molecule has 2 atom stereocenters. The lowest BCUT2D eigenvalue weighted by atomic mass is 10.1. The fourth-order valence-corrected chi connectivity index (χ4v) is 3.65. The van der Waals surface area contributed by atoms with Crippen LogP contribution in [0.4, 0.5) is 0 Å². The van der Waals surface area contributed by atoms with Crippen LogP contribution in [0.25, 0.3) is 0 Å². The molecular formula is C16H17O4P. The van der Waals surface area contributed by atoms with E-state index in [1.165, 1.54) is 6.92 Å². The van der Waals surface area contributed by atoms with Crippen LogP contribution < -0.4 is 5.30 Å². The molecule has 0 fully saturated rings. The summed E-state index contributed by atoms with van der Waals surface area (Å²) in [7, 11) is -3.60. The van der Waals surface area contributed by atoms with Crippen LogP contribution >= 0.6 is 7.37 Å². The van der Waals surface area contributed by atoms with E-state index in [2.05, 4.69) is 0 Å². The van der Waals surface area contributed by atoms with Crippen molar-refractivity contribution in [2.24, 2.45) is 0 Å². The Labute approximate surface area is 123 Å². The molecule has 5 heteroatoms. The van der Waals surface area contributed by atoms with Crippen molar-refractivity contribution in [3.05, 3.63) is 66.2 Å². The van der Waals surface area contributed by atoms with E-state index in [0.717, 1.165) is 0 Å². The van der Waals surface area contributed by atoms with Crippen molar-refractivity contribution < 1.29 is 19.0 Å². The Kier molecular flexibility index (Phi) is 4.94. The third-order valence-corrected chi connectivity index (χ3v) is 4.98. The molecule has 110 valence electrons. The fourth-order valence-electron chi connectivity index (χ4n) is 2.07. The normalized spacial score (nSPS) is 15.0. The maximum absolute atomic E-state index is 12.5. The Morgan fingerprint density at radius 2 is 1.62 bits per heavy atom. The molecular weight excluding hydrogens is 287 g/mol. The number of hydrogen-bond donors (Lipinski definition) is 1. The number of benzene rings is 2. The molecule has 0 aliphatic carbocycles. The summed E-state index contributed by atoms with van der Waals surface area (Å²) in [5.74, 6) is -0.475. The molecule has 0 saturated carbocycles. The first-order valence-electron chi connectivity index (χ1n) is 6.58. The van der Waals surface area contributed by atoms with Gasteiger partial charge in [0.1, 0.15) is 6.10 Å². The van der Waals surface area contributed by atoms with Gasteiger partial charge in [0.05, 0.1) is 6.16 Å². The number of rotatable bonds is 5. The quantitative estimate of drug-likeness (QED) is 0.681. The lowest BCUT2D eigenvalue weighted by Crippen LogP contribution is -2.17. The van der Waals surface area contributed by atoms with Gasteiger partial charge in [-0.3, -0.25) is 9.36 Å². The third-order valence-electron chi connectivity index (χ3n) is 3.05. The highest BCUT2D eigenvalue weighted by Crippen LogP contribution is 2.44. The Morgan fingerprint density at radius 1 is 1.10 bits per heavy atom. The monoisotopic (exact) mass is 304 g/mol. The summed E-state index contributed by atoms with van der Waals surface area (Å²) in [4.78, 5) is 21.6. The van der Waals surface area contributed by atoms with Crippen molar-refractivity contribution in [1.29, 1.82) is 0 Å². The van der Waals surface area contributed by atoms with E-state index in [1.807, 2.05) is 6.07 Å². The van der Waals surface area contributed by atoms with Crippen molar-refractivity contribution in [2.75, 3.05) is 6.16 Å². The van der Waals surface area contributed by atoms with Gasteiger partial charge in [0, 0.05) is 12.2 Å². The molecule has 2 rings (SSSR count). The van der Waals surface area contributed by atoms with Crippen molar-refractivity contribution in [2.45, 2.75) is 13.0 Å². The molecule has 0 radical (unpaired) electrons. The highest BCUT2D eigenvalue weighted by molar-refractivity contribution is 7.66. The molecule has 0 aliphatic rings. The second kappa shape index (κ2) is 6.70. The maximum atomic E-state index is 12.5.